The van der Waals surface area contributed by atoms with E-state index in [0.717, 1.165) is 25.7 Å². The van der Waals surface area contributed by atoms with Crippen LogP contribution in [-0.2, 0) is 33.6 Å². The second-order valence-corrected chi connectivity index (χ2v) is 16.0. The van der Waals surface area contributed by atoms with Crippen LogP contribution < -0.4 is 21.3 Å². The van der Waals surface area contributed by atoms with Crippen molar-refractivity contribution in [2.75, 3.05) is 19.6 Å². The summed E-state index contributed by atoms with van der Waals surface area (Å²) in [6, 6.07) is -4.88. The number of aliphatic hydroxyl groups excluding tert-OH is 1. The zero-order valence-corrected chi connectivity index (χ0v) is 33.9. The summed E-state index contributed by atoms with van der Waals surface area (Å²) in [5, 5.41) is 34.2. The number of aliphatic carboxylic acids is 1. The average Bonchev–Trinajstić information content (AvgIpc) is 3.93. The maximum Gasteiger partial charge on any atom is 0.305 e. The Kier molecular flexibility index (Phi) is 17.6. The molecular formula is C40H61N7O11. The van der Waals surface area contributed by atoms with Crippen molar-refractivity contribution in [2.24, 2.45) is 11.8 Å². The molecule has 2 saturated heterocycles. The minimum Gasteiger partial charge on any atom is -0.481 e. The van der Waals surface area contributed by atoms with Crippen LogP contribution in [0.15, 0.2) is 16.9 Å². The van der Waals surface area contributed by atoms with E-state index in [-0.39, 0.29) is 62.7 Å². The quantitative estimate of drug-likeness (QED) is 0.102. The van der Waals surface area contributed by atoms with Crippen molar-refractivity contribution in [3.05, 3.63) is 18.0 Å². The number of Topliss-reactive ketones (excluding diaryl/α,β-unsaturated/α-hetero) is 1. The molecule has 18 nitrogen and oxygen atoms in total. The molecule has 1 aliphatic carbocycles. The lowest BCUT2D eigenvalue weighted by atomic mass is 9.79. The first-order valence-electron chi connectivity index (χ1n) is 20.8. The third-order valence-electron chi connectivity index (χ3n) is 11.5. The van der Waals surface area contributed by atoms with Crippen molar-refractivity contribution < 1.29 is 53.1 Å². The number of amides is 6. The number of carbonyl (C=O) groups excluding carboxylic acids is 7. The highest BCUT2D eigenvalue weighted by atomic mass is 16.5. The van der Waals surface area contributed by atoms with Crippen molar-refractivity contribution in [1.82, 2.24) is 36.2 Å². The molecule has 2 aliphatic heterocycles. The lowest BCUT2D eigenvalue weighted by molar-refractivity contribution is -0.149. The molecule has 0 bridgehead atoms. The number of aromatic nitrogens is 1. The van der Waals surface area contributed by atoms with Crippen molar-refractivity contribution in [3.8, 4) is 0 Å². The van der Waals surface area contributed by atoms with E-state index in [9.17, 15) is 48.6 Å². The van der Waals surface area contributed by atoms with Gasteiger partial charge in [0.05, 0.1) is 12.5 Å². The van der Waals surface area contributed by atoms with Gasteiger partial charge in [0, 0.05) is 38.5 Å². The molecule has 1 aromatic heterocycles. The summed E-state index contributed by atoms with van der Waals surface area (Å²) in [7, 11) is 0. The monoisotopic (exact) mass is 815 g/mol. The number of likely N-dealkylation sites (tertiary alicyclic amines) is 2. The van der Waals surface area contributed by atoms with Crippen LogP contribution in [0.3, 0.4) is 0 Å². The second kappa shape index (κ2) is 22.3. The van der Waals surface area contributed by atoms with Gasteiger partial charge in [0.25, 0.3) is 0 Å². The number of carboxylic acid groups (broad SMARTS) is 1. The van der Waals surface area contributed by atoms with Crippen molar-refractivity contribution >= 4 is 47.2 Å². The summed E-state index contributed by atoms with van der Waals surface area (Å²) in [4.78, 5) is 109. The Balaban J connectivity index is 1.49. The van der Waals surface area contributed by atoms with Gasteiger partial charge in [-0.15, -0.1) is 0 Å². The number of aliphatic hydroxyl groups is 1. The number of piperidine rings is 1. The molecular weight excluding hydrogens is 754 g/mol. The zero-order chi connectivity index (χ0) is 42.4. The van der Waals surface area contributed by atoms with Crippen LogP contribution in [0, 0.1) is 11.8 Å². The molecule has 3 fully saturated rings. The van der Waals surface area contributed by atoms with E-state index in [2.05, 4.69) is 26.4 Å². The summed E-state index contributed by atoms with van der Waals surface area (Å²) in [5.41, 5.74) is 0.0748. The van der Waals surface area contributed by atoms with Gasteiger partial charge in [0.1, 0.15) is 42.2 Å². The SMILES string of the molecule is CCCNC(=O)[C@@H](NC(=O)[C@@H]1CCCN1C(=O)[C@H](CC(=O)O)NC(=O)[C@@H]1CCCCN1C(=O)[C@H](CCC(=O)c1ccon1)NC(=O)C[C@H](C)C1CCCCC1)C(C)O. The van der Waals surface area contributed by atoms with Crippen LogP contribution in [-0.4, -0.2) is 128 Å². The Labute approximate surface area is 338 Å². The Morgan fingerprint density at radius 1 is 0.810 bits per heavy atom. The molecule has 3 heterocycles. The summed E-state index contributed by atoms with van der Waals surface area (Å²) in [5.74, 6) is -5.15. The molecule has 4 rings (SSSR count). The van der Waals surface area contributed by atoms with Crippen molar-refractivity contribution in [3.63, 3.8) is 0 Å². The fraction of sp³-hybridized carbons (Fsp3) is 0.725. The van der Waals surface area contributed by atoms with Crippen molar-refractivity contribution in [1.29, 1.82) is 0 Å². The van der Waals surface area contributed by atoms with E-state index in [1.165, 1.54) is 35.5 Å². The summed E-state index contributed by atoms with van der Waals surface area (Å²) in [6.07, 6.45) is 7.10. The number of carboxylic acids is 1. The molecule has 1 aromatic rings. The van der Waals surface area contributed by atoms with Crippen LogP contribution in [0.1, 0.15) is 128 Å². The van der Waals surface area contributed by atoms with Crippen LogP contribution in [0.4, 0.5) is 0 Å². The summed E-state index contributed by atoms with van der Waals surface area (Å²) < 4.78 is 4.79. The van der Waals surface area contributed by atoms with Gasteiger partial charge in [0.2, 0.25) is 35.4 Å². The first-order valence-corrected chi connectivity index (χ1v) is 20.8. The van der Waals surface area contributed by atoms with Gasteiger partial charge in [-0.1, -0.05) is 51.1 Å². The highest BCUT2D eigenvalue weighted by molar-refractivity contribution is 5.98. The van der Waals surface area contributed by atoms with E-state index in [1.807, 2.05) is 13.8 Å². The predicted octanol–water partition coefficient (Wildman–Crippen LogP) is 1.45. The van der Waals surface area contributed by atoms with Gasteiger partial charge in [-0.05, 0) is 63.7 Å². The van der Waals surface area contributed by atoms with Gasteiger partial charge in [0.15, 0.2) is 5.78 Å². The molecule has 58 heavy (non-hydrogen) atoms. The van der Waals surface area contributed by atoms with E-state index in [1.54, 1.807) is 0 Å². The molecule has 0 radical (unpaired) electrons. The molecule has 0 spiro atoms. The molecule has 0 aromatic carbocycles. The van der Waals surface area contributed by atoms with Gasteiger partial charge in [-0.25, -0.2) is 0 Å². The second-order valence-electron chi connectivity index (χ2n) is 16.0. The van der Waals surface area contributed by atoms with E-state index >= 15 is 0 Å². The van der Waals surface area contributed by atoms with Gasteiger partial charge in [-0.2, -0.15) is 0 Å². The van der Waals surface area contributed by atoms with E-state index in [0.29, 0.717) is 38.1 Å². The minimum atomic E-state index is -1.60. The van der Waals surface area contributed by atoms with Crippen LogP contribution in [0.5, 0.6) is 0 Å². The van der Waals surface area contributed by atoms with Crippen LogP contribution in [0.25, 0.3) is 0 Å². The smallest absolute Gasteiger partial charge is 0.305 e. The molecule has 7 atom stereocenters. The Bertz CT molecular complexity index is 1600. The van der Waals surface area contributed by atoms with Gasteiger partial charge < -0.3 is 45.8 Å². The molecule has 18 heteroatoms. The number of nitrogens with one attached hydrogen (secondary N) is 4. The van der Waals surface area contributed by atoms with Crippen molar-refractivity contribution in [2.45, 2.75) is 153 Å². The number of rotatable bonds is 20. The maximum atomic E-state index is 14.3. The highest BCUT2D eigenvalue weighted by Crippen LogP contribution is 2.31. The minimum absolute atomic E-state index is 0.0748. The number of carbonyl (C=O) groups is 8. The Morgan fingerprint density at radius 3 is 2.05 bits per heavy atom. The number of ketones is 1. The molecule has 6 N–H and O–H groups in total. The third-order valence-corrected chi connectivity index (χ3v) is 11.5. The number of hydrogen-bond donors (Lipinski definition) is 6. The molecule has 1 unspecified atom stereocenters. The van der Waals surface area contributed by atoms with Crippen LogP contribution in [0.2, 0.25) is 0 Å². The molecule has 3 aliphatic rings. The van der Waals surface area contributed by atoms with E-state index in [4.69, 9.17) is 4.52 Å². The Hall–Kier alpha value is -4.87. The topological polar surface area (TPSA) is 258 Å². The molecule has 6 amide bonds. The average molecular weight is 816 g/mol. The zero-order valence-electron chi connectivity index (χ0n) is 33.9. The highest BCUT2D eigenvalue weighted by Gasteiger charge is 2.42. The summed E-state index contributed by atoms with van der Waals surface area (Å²) in [6.45, 7) is 5.76. The Morgan fingerprint density at radius 2 is 1.43 bits per heavy atom. The predicted molar refractivity (Wildman–Crippen MR) is 208 cm³/mol. The third kappa shape index (κ3) is 12.8. The lowest BCUT2D eigenvalue weighted by Crippen LogP contribution is -2.61. The van der Waals surface area contributed by atoms with Gasteiger partial charge >= 0.3 is 5.97 Å². The number of hydrogen-bond acceptors (Lipinski definition) is 11. The van der Waals surface area contributed by atoms with Crippen LogP contribution >= 0.6 is 0 Å². The largest absolute Gasteiger partial charge is 0.481 e. The van der Waals surface area contributed by atoms with E-state index < -0.39 is 84.0 Å². The lowest BCUT2D eigenvalue weighted by Gasteiger charge is -2.38. The normalized spacial score (nSPS) is 21.2. The van der Waals surface area contributed by atoms with Gasteiger partial charge in [-0.3, -0.25) is 38.4 Å². The fourth-order valence-corrected chi connectivity index (χ4v) is 8.26. The fourth-order valence-electron chi connectivity index (χ4n) is 8.26. The summed E-state index contributed by atoms with van der Waals surface area (Å²) >= 11 is 0. The first-order chi connectivity index (χ1) is 27.7. The maximum absolute atomic E-state index is 14.3. The first kappa shape index (κ1) is 45.8. The molecule has 322 valence electrons. The standard InChI is InChI=1S/C40H61N7O11/c1-4-18-41-38(55)35(25(3)48)44-37(54)31-14-10-20-47(31)40(57)29(23-34(51)52)43-36(53)30-13-8-9-19-46(30)39(56)28(15-16-32(49)27-17-21-58-45-27)42-33(50)22-24(2)26-11-6-5-7-12-26/h17,21,24-26,28-31,35,48H,4-16,18-20,22-23H2,1-3H3,(H,41,55)(H,42,50)(H,43,53)(H,44,54)(H,51,52)/t24-,25?,28-,29-,30-,31-,35-/m0/s1. The molecule has 1 saturated carbocycles. The number of nitrogens with zero attached hydrogens (tertiary/aromatic N) is 3.